The molecule has 0 saturated carbocycles. The number of carboxylic acid groups (broad SMARTS) is 1. The Morgan fingerprint density at radius 2 is 1.43 bits per heavy atom. The van der Waals surface area contributed by atoms with Gasteiger partial charge in [-0.25, -0.2) is 9.39 Å². The largest absolute Gasteiger partial charge is 0.478 e. The number of anilines is 1. The predicted molar refractivity (Wildman–Crippen MR) is 135 cm³/mol. The van der Waals surface area contributed by atoms with E-state index in [1.807, 2.05) is 66.7 Å². The van der Waals surface area contributed by atoms with Crippen molar-refractivity contribution in [2.24, 2.45) is 0 Å². The molecular weight excluding hydrogens is 442 g/mol. The third-order valence-electron chi connectivity index (χ3n) is 6.31. The van der Waals surface area contributed by atoms with Gasteiger partial charge in [0.05, 0.1) is 25.2 Å². The first-order chi connectivity index (χ1) is 17.0. The molecule has 1 fully saturated rings. The lowest BCUT2D eigenvalue weighted by atomic mass is 10.1. The minimum absolute atomic E-state index is 0.0441. The Hall–Kier alpha value is -3.68. The smallest absolute Gasteiger partial charge is 0.335 e. The van der Waals surface area contributed by atoms with E-state index in [1.54, 1.807) is 12.1 Å². The van der Waals surface area contributed by atoms with Crippen molar-refractivity contribution in [2.45, 2.75) is 32.2 Å². The van der Waals surface area contributed by atoms with E-state index in [9.17, 15) is 9.59 Å². The van der Waals surface area contributed by atoms with Crippen molar-refractivity contribution in [1.29, 1.82) is 0 Å². The molecule has 7 heteroatoms. The third-order valence-corrected chi connectivity index (χ3v) is 6.31. The van der Waals surface area contributed by atoms with Crippen LogP contribution in [-0.2, 0) is 11.3 Å². The number of carboxylic acids is 1. The fourth-order valence-electron chi connectivity index (χ4n) is 4.40. The molecule has 0 spiro atoms. The maximum atomic E-state index is 13.0. The summed E-state index contributed by atoms with van der Waals surface area (Å²) >= 11 is 0. The SMILES string of the molecule is O=C(C[N+]1(NCc2ccc(C(=O)O)cc2)CCCCCC1)Nc1ccc(Oc2ccccc2)cc1. The third kappa shape index (κ3) is 7.15. The summed E-state index contributed by atoms with van der Waals surface area (Å²) in [6.45, 7) is 2.66. The van der Waals surface area contributed by atoms with E-state index in [0.717, 1.165) is 42.9 Å². The lowest BCUT2D eigenvalue weighted by Crippen LogP contribution is -2.61. The molecular formula is C28H32N3O4+. The molecule has 0 aliphatic carbocycles. The van der Waals surface area contributed by atoms with Crippen molar-refractivity contribution in [3.63, 3.8) is 0 Å². The number of aromatic carboxylic acids is 1. The number of likely N-dealkylation sites (tertiary alicyclic amines) is 1. The molecule has 3 aromatic carbocycles. The Morgan fingerprint density at radius 3 is 2.06 bits per heavy atom. The van der Waals surface area contributed by atoms with Crippen molar-refractivity contribution in [2.75, 3.05) is 25.0 Å². The van der Waals surface area contributed by atoms with Gasteiger partial charge in [-0.2, -0.15) is 5.43 Å². The van der Waals surface area contributed by atoms with Crippen molar-refractivity contribution in [1.82, 2.24) is 5.43 Å². The van der Waals surface area contributed by atoms with Crippen LogP contribution in [0.25, 0.3) is 0 Å². The first-order valence-electron chi connectivity index (χ1n) is 12.1. The standard InChI is InChI=1S/C28H31N3O4/c32-27(30-24-14-16-26(17-15-24)35-25-8-4-3-5-9-25)21-31(18-6-1-2-7-19-31)29-20-22-10-12-23(13-11-22)28(33)34/h3-5,8-17,29H,1-2,6-7,18-21H2,(H-,30,32,33,34)/p+1. The van der Waals surface area contributed by atoms with Gasteiger partial charge in [-0.3, -0.25) is 4.79 Å². The van der Waals surface area contributed by atoms with E-state index < -0.39 is 5.97 Å². The number of hydrogen-bond acceptors (Lipinski definition) is 4. The van der Waals surface area contributed by atoms with Crippen LogP contribution < -0.4 is 15.5 Å². The van der Waals surface area contributed by atoms with Crippen molar-refractivity contribution < 1.29 is 24.0 Å². The summed E-state index contributed by atoms with van der Waals surface area (Å²) in [5, 5.41) is 12.1. The molecule has 0 unspecified atom stereocenters. The monoisotopic (exact) mass is 474 g/mol. The van der Waals surface area contributed by atoms with Gasteiger partial charge >= 0.3 is 5.97 Å². The first-order valence-corrected chi connectivity index (χ1v) is 12.1. The molecule has 35 heavy (non-hydrogen) atoms. The Morgan fingerprint density at radius 1 is 0.800 bits per heavy atom. The Balaban J connectivity index is 1.37. The molecule has 0 radical (unpaired) electrons. The molecule has 0 aromatic heterocycles. The number of carbonyl (C=O) groups excluding carboxylic acids is 1. The van der Waals surface area contributed by atoms with Gasteiger partial charge in [-0.05, 0) is 79.8 Å². The van der Waals surface area contributed by atoms with Crippen LogP contribution in [-0.4, -0.2) is 41.2 Å². The second-order valence-electron chi connectivity index (χ2n) is 8.99. The molecule has 0 bridgehead atoms. The van der Waals surface area contributed by atoms with Crippen LogP contribution in [0.1, 0.15) is 41.6 Å². The highest BCUT2D eigenvalue weighted by atomic mass is 16.5. The molecule has 1 aliphatic heterocycles. The van der Waals surface area contributed by atoms with E-state index in [2.05, 4.69) is 10.7 Å². The number of nitrogens with zero attached hydrogens (tertiary/aromatic N) is 1. The zero-order valence-corrected chi connectivity index (χ0v) is 19.8. The first kappa shape index (κ1) is 24.4. The summed E-state index contributed by atoms with van der Waals surface area (Å²) in [6.07, 6.45) is 4.45. The van der Waals surface area contributed by atoms with Crippen molar-refractivity contribution >= 4 is 17.6 Å². The Kier molecular flexibility index (Phi) is 8.13. The topological polar surface area (TPSA) is 87.7 Å². The number of ether oxygens (including phenoxy) is 1. The van der Waals surface area contributed by atoms with Crippen LogP contribution in [0.15, 0.2) is 78.9 Å². The molecule has 1 aliphatic rings. The summed E-state index contributed by atoms with van der Waals surface area (Å²) in [6, 6.07) is 23.8. The lowest BCUT2D eigenvalue weighted by molar-refractivity contribution is -0.963. The van der Waals surface area contributed by atoms with E-state index in [-0.39, 0.29) is 11.5 Å². The summed E-state index contributed by atoms with van der Waals surface area (Å²) in [4.78, 5) is 24.2. The maximum Gasteiger partial charge on any atom is 0.335 e. The number of nitrogens with one attached hydrogen (secondary N) is 2. The number of hydrogen-bond donors (Lipinski definition) is 3. The number of carbonyl (C=O) groups is 2. The lowest BCUT2D eigenvalue weighted by Gasteiger charge is -2.36. The zero-order chi connectivity index (χ0) is 24.5. The molecule has 1 saturated heterocycles. The zero-order valence-electron chi connectivity index (χ0n) is 19.8. The number of benzene rings is 3. The minimum atomic E-state index is -0.933. The molecule has 3 N–H and O–H groups in total. The summed E-state index contributed by atoms with van der Waals surface area (Å²) in [5.74, 6) is 0.496. The van der Waals surface area contributed by atoms with Gasteiger partial charge in [0.25, 0.3) is 5.91 Å². The number of quaternary nitrogens is 1. The molecule has 1 heterocycles. The van der Waals surface area contributed by atoms with Crippen LogP contribution in [0.2, 0.25) is 0 Å². The normalized spacial score (nSPS) is 15.1. The fourth-order valence-corrected chi connectivity index (χ4v) is 4.40. The van der Waals surface area contributed by atoms with E-state index >= 15 is 0 Å². The summed E-state index contributed by atoms with van der Waals surface area (Å²) < 4.78 is 6.34. The Labute approximate surface area is 205 Å². The molecule has 182 valence electrons. The summed E-state index contributed by atoms with van der Waals surface area (Å²) in [5.41, 5.74) is 5.59. The van der Waals surface area contributed by atoms with Crippen molar-refractivity contribution in [3.8, 4) is 11.5 Å². The van der Waals surface area contributed by atoms with Gasteiger partial charge in [0.15, 0.2) is 6.54 Å². The van der Waals surface area contributed by atoms with Gasteiger partial charge in [0.2, 0.25) is 0 Å². The summed E-state index contributed by atoms with van der Waals surface area (Å²) in [7, 11) is 0. The van der Waals surface area contributed by atoms with Gasteiger partial charge in [-0.1, -0.05) is 30.3 Å². The Bertz CT molecular complexity index is 1110. The number of amides is 1. The van der Waals surface area contributed by atoms with Crippen LogP contribution >= 0.6 is 0 Å². The van der Waals surface area contributed by atoms with Gasteiger partial charge in [0, 0.05) is 5.69 Å². The van der Waals surface area contributed by atoms with E-state index in [0.29, 0.717) is 23.4 Å². The maximum absolute atomic E-state index is 13.0. The molecule has 0 atom stereocenters. The van der Waals surface area contributed by atoms with Crippen LogP contribution in [0.4, 0.5) is 5.69 Å². The quantitative estimate of drug-likeness (QED) is 0.371. The highest BCUT2D eigenvalue weighted by Crippen LogP contribution is 2.23. The minimum Gasteiger partial charge on any atom is -0.478 e. The second kappa shape index (κ2) is 11.6. The predicted octanol–water partition coefficient (Wildman–Crippen LogP) is 5.21. The van der Waals surface area contributed by atoms with Crippen LogP contribution in [0.3, 0.4) is 0 Å². The van der Waals surface area contributed by atoms with Gasteiger partial charge in [-0.15, -0.1) is 0 Å². The molecule has 4 rings (SSSR count). The number of rotatable bonds is 9. The van der Waals surface area contributed by atoms with Gasteiger partial charge in [0.1, 0.15) is 11.5 Å². The average molecular weight is 475 g/mol. The molecule has 7 nitrogen and oxygen atoms in total. The van der Waals surface area contributed by atoms with E-state index in [1.165, 1.54) is 12.8 Å². The molecule has 1 amide bonds. The van der Waals surface area contributed by atoms with Crippen molar-refractivity contribution in [3.05, 3.63) is 90.0 Å². The number of para-hydroxylation sites is 1. The fraction of sp³-hybridized carbons (Fsp3) is 0.286. The van der Waals surface area contributed by atoms with Gasteiger partial charge < -0.3 is 15.2 Å². The highest BCUT2D eigenvalue weighted by Gasteiger charge is 2.32. The molecule has 3 aromatic rings. The average Bonchev–Trinajstić information content (AvgIpc) is 3.10. The van der Waals surface area contributed by atoms with Crippen LogP contribution in [0.5, 0.6) is 11.5 Å². The highest BCUT2D eigenvalue weighted by molar-refractivity contribution is 5.91. The van der Waals surface area contributed by atoms with E-state index in [4.69, 9.17) is 9.84 Å². The second-order valence-corrected chi connectivity index (χ2v) is 8.99. The van der Waals surface area contributed by atoms with Crippen LogP contribution in [0, 0.1) is 0 Å².